The molecule has 1 rings (SSSR count). The van der Waals surface area contributed by atoms with Crippen molar-refractivity contribution in [1.82, 2.24) is 5.32 Å². The number of aryl methyl sites for hydroxylation is 1. The molecule has 5 heteroatoms. The highest BCUT2D eigenvalue weighted by Crippen LogP contribution is 2.23. The summed E-state index contributed by atoms with van der Waals surface area (Å²) in [6.45, 7) is 5.71. The molecule has 5 nitrogen and oxygen atoms in total. The van der Waals surface area contributed by atoms with Crippen molar-refractivity contribution in [2.24, 2.45) is 0 Å². The zero-order valence-electron chi connectivity index (χ0n) is 11.0. The topological polar surface area (TPSA) is 75.4 Å². The highest BCUT2D eigenvalue weighted by Gasteiger charge is 2.16. The van der Waals surface area contributed by atoms with Gasteiger partial charge in [0, 0.05) is 23.7 Å². The normalized spacial score (nSPS) is 14.2. The van der Waals surface area contributed by atoms with Gasteiger partial charge in [-0.15, -0.1) is 0 Å². The van der Waals surface area contributed by atoms with Gasteiger partial charge in [-0.2, -0.15) is 0 Å². The van der Waals surface area contributed by atoms with Gasteiger partial charge in [0.1, 0.15) is 0 Å². The SMILES string of the molecule is CC[C@@H](CO)NC(C)c1ccc(C)c([N+](=O)[O-])c1. The molecule has 0 bridgehead atoms. The van der Waals surface area contributed by atoms with Crippen molar-refractivity contribution in [3.63, 3.8) is 0 Å². The Hall–Kier alpha value is -1.46. The third kappa shape index (κ3) is 3.51. The van der Waals surface area contributed by atoms with Crippen LogP contribution in [0.4, 0.5) is 5.69 Å². The van der Waals surface area contributed by atoms with Crippen LogP contribution in [0.15, 0.2) is 18.2 Å². The van der Waals surface area contributed by atoms with Gasteiger partial charge in [0.05, 0.1) is 11.5 Å². The summed E-state index contributed by atoms with van der Waals surface area (Å²) in [6.07, 6.45) is 0.814. The lowest BCUT2D eigenvalue weighted by atomic mass is 10.0. The molecule has 0 heterocycles. The number of rotatable bonds is 6. The Morgan fingerprint density at radius 2 is 2.17 bits per heavy atom. The van der Waals surface area contributed by atoms with Crippen molar-refractivity contribution in [2.45, 2.75) is 39.3 Å². The van der Waals surface area contributed by atoms with E-state index in [0.29, 0.717) is 5.56 Å². The van der Waals surface area contributed by atoms with Crippen LogP contribution in [-0.2, 0) is 0 Å². The Labute approximate surface area is 107 Å². The Kier molecular flexibility index (Phi) is 5.25. The standard InChI is InChI=1S/C13H20N2O3/c1-4-12(8-16)14-10(3)11-6-5-9(2)13(7-11)15(17)18/h5-7,10,12,14,16H,4,8H2,1-3H3/t10?,12-/m0/s1. The molecule has 0 amide bonds. The van der Waals surface area contributed by atoms with Crippen LogP contribution in [0.25, 0.3) is 0 Å². The predicted molar refractivity (Wildman–Crippen MR) is 70.5 cm³/mol. The molecule has 1 unspecified atom stereocenters. The summed E-state index contributed by atoms with van der Waals surface area (Å²) in [5.74, 6) is 0. The van der Waals surface area contributed by atoms with Gasteiger partial charge in [-0.05, 0) is 25.8 Å². The van der Waals surface area contributed by atoms with Crippen molar-refractivity contribution in [3.05, 3.63) is 39.4 Å². The number of nitro groups is 1. The number of nitrogens with one attached hydrogen (secondary N) is 1. The first-order valence-electron chi connectivity index (χ1n) is 6.11. The van der Waals surface area contributed by atoms with Crippen LogP contribution in [0.5, 0.6) is 0 Å². The van der Waals surface area contributed by atoms with E-state index in [2.05, 4.69) is 5.32 Å². The van der Waals surface area contributed by atoms with Gasteiger partial charge in [0.25, 0.3) is 5.69 Å². The lowest BCUT2D eigenvalue weighted by molar-refractivity contribution is -0.385. The molecule has 0 saturated heterocycles. The molecule has 0 aliphatic rings. The first kappa shape index (κ1) is 14.6. The van der Waals surface area contributed by atoms with Crippen molar-refractivity contribution in [1.29, 1.82) is 0 Å². The van der Waals surface area contributed by atoms with Gasteiger partial charge in [0.2, 0.25) is 0 Å². The molecule has 0 aliphatic heterocycles. The average molecular weight is 252 g/mol. The minimum Gasteiger partial charge on any atom is -0.395 e. The lowest BCUT2D eigenvalue weighted by Crippen LogP contribution is -2.33. The zero-order valence-corrected chi connectivity index (χ0v) is 11.0. The van der Waals surface area contributed by atoms with Crippen LogP contribution in [0.1, 0.15) is 37.4 Å². The zero-order chi connectivity index (χ0) is 13.7. The number of aliphatic hydroxyl groups excluding tert-OH is 1. The molecule has 0 spiro atoms. The Bertz CT molecular complexity index is 417. The number of benzene rings is 1. The monoisotopic (exact) mass is 252 g/mol. The number of hydrogen-bond acceptors (Lipinski definition) is 4. The second kappa shape index (κ2) is 6.47. The van der Waals surface area contributed by atoms with Gasteiger partial charge < -0.3 is 10.4 Å². The summed E-state index contributed by atoms with van der Waals surface area (Å²) in [5.41, 5.74) is 1.66. The van der Waals surface area contributed by atoms with Gasteiger partial charge in [-0.25, -0.2) is 0 Å². The average Bonchev–Trinajstić information content (AvgIpc) is 2.35. The van der Waals surface area contributed by atoms with Gasteiger partial charge in [-0.3, -0.25) is 10.1 Å². The van der Waals surface area contributed by atoms with Crippen LogP contribution in [0, 0.1) is 17.0 Å². The third-order valence-corrected chi connectivity index (χ3v) is 3.13. The molecule has 0 fully saturated rings. The summed E-state index contributed by atoms with van der Waals surface area (Å²) in [7, 11) is 0. The van der Waals surface area contributed by atoms with Crippen LogP contribution < -0.4 is 5.32 Å². The molecule has 2 N–H and O–H groups in total. The van der Waals surface area contributed by atoms with E-state index in [4.69, 9.17) is 5.11 Å². The first-order valence-corrected chi connectivity index (χ1v) is 6.11. The molecule has 18 heavy (non-hydrogen) atoms. The van der Waals surface area contributed by atoms with E-state index >= 15 is 0 Å². The molecule has 1 aromatic carbocycles. The van der Waals surface area contributed by atoms with E-state index in [9.17, 15) is 10.1 Å². The smallest absolute Gasteiger partial charge is 0.272 e. The van der Waals surface area contributed by atoms with E-state index in [-0.39, 0.29) is 29.3 Å². The second-order valence-electron chi connectivity index (χ2n) is 4.48. The summed E-state index contributed by atoms with van der Waals surface area (Å²) >= 11 is 0. The van der Waals surface area contributed by atoms with Crippen molar-refractivity contribution >= 4 is 5.69 Å². The van der Waals surface area contributed by atoms with Gasteiger partial charge in [-0.1, -0.05) is 19.1 Å². The highest BCUT2D eigenvalue weighted by atomic mass is 16.6. The molecular formula is C13H20N2O3. The Balaban J connectivity index is 2.89. The number of aliphatic hydroxyl groups is 1. The van der Waals surface area contributed by atoms with E-state index < -0.39 is 0 Å². The third-order valence-electron chi connectivity index (χ3n) is 3.13. The summed E-state index contributed by atoms with van der Waals surface area (Å²) in [6, 6.07) is 5.22. The molecule has 0 aromatic heterocycles. The molecule has 0 saturated carbocycles. The predicted octanol–water partition coefficient (Wildman–Crippen LogP) is 2.32. The van der Waals surface area contributed by atoms with Crippen molar-refractivity contribution in [3.8, 4) is 0 Å². The second-order valence-corrected chi connectivity index (χ2v) is 4.48. The van der Waals surface area contributed by atoms with Gasteiger partial charge >= 0.3 is 0 Å². The number of nitrogens with zero attached hydrogens (tertiary/aromatic N) is 1. The fourth-order valence-electron chi connectivity index (χ4n) is 1.84. The number of nitro benzene ring substituents is 1. The van der Waals surface area contributed by atoms with E-state index in [1.54, 1.807) is 19.1 Å². The summed E-state index contributed by atoms with van der Waals surface area (Å²) in [4.78, 5) is 10.5. The van der Waals surface area contributed by atoms with Crippen molar-refractivity contribution < 1.29 is 10.0 Å². The highest BCUT2D eigenvalue weighted by molar-refractivity contribution is 5.43. The maximum absolute atomic E-state index is 10.9. The van der Waals surface area contributed by atoms with Gasteiger partial charge in [0.15, 0.2) is 0 Å². The van der Waals surface area contributed by atoms with Crippen LogP contribution in [0.3, 0.4) is 0 Å². The van der Waals surface area contributed by atoms with E-state index in [1.807, 2.05) is 19.9 Å². The summed E-state index contributed by atoms with van der Waals surface area (Å²) < 4.78 is 0. The van der Waals surface area contributed by atoms with E-state index in [1.165, 1.54) is 0 Å². The minimum atomic E-state index is -0.366. The Morgan fingerprint density at radius 3 is 2.67 bits per heavy atom. The first-order chi connectivity index (χ1) is 8.49. The van der Waals surface area contributed by atoms with Crippen LogP contribution >= 0.6 is 0 Å². The maximum atomic E-state index is 10.9. The maximum Gasteiger partial charge on any atom is 0.272 e. The fourth-order valence-corrected chi connectivity index (χ4v) is 1.84. The summed E-state index contributed by atoms with van der Waals surface area (Å²) in [5, 5.41) is 23.3. The molecule has 0 radical (unpaired) electrons. The van der Waals surface area contributed by atoms with Crippen molar-refractivity contribution in [2.75, 3.05) is 6.61 Å². The fraction of sp³-hybridized carbons (Fsp3) is 0.538. The Morgan fingerprint density at radius 1 is 1.50 bits per heavy atom. The molecule has 100 valence electrons. The molecule has 2 atom stereocenters. The quantitative estimate of drug-likeness (QED) is 0.602. The molecular weight excluding hydrogens is 232 g/mol. The molecule has 1 aromatic rings. The minimum absolute atomic E-state index is 0.0142. The number of hydrogen-bond donors (Lipinski definition) is 2. The van der Waals surface area contributed by atoms with Crippen LogP contribution in [0.2, 0.25) is 0 Å². The lowest BCUT2D eigenvalue weighted by Gasteiger charge is -2.20. The van der Waals surface area contributed by atoms with E-state index in [0.717, 1.165) is 12.0 Å². The molecule has 0 aliphatic carbocycles. The van der Waals surface area contributed by atoms with Crippen LogP contribution in [-0.4, -0.2) is 22.7 Å². The largest absolute Gasteiger partial charge is 0.395 e.